The van der Waals surface area contributed by atoms with E-state index in [1.165, 1.54) is 11.0 Å². The Morgan fingerprint density at radius 1 is 1.38 bits per heavy atom. The van der Waals surface area contributed by atoms with Crippen molar-refractivity contribution in [3.63, 3.8) is 0 Å². The lowest BCUT2D eigenvalue weighted by molar-refractivity contribution is 0.669. The van der Waals surface area contributed by atoms with Crippen molar-refractivity contribution in [1.29, 1.82) is 5.26 Å². The van der Waals surface area contributed by atoms with Crippen LogP contribution in [0, 0.1) is 11.3 Å². The molecule has 0 radical (unpaired) electrons. The van der Waals surface area contributed by atoms with Gasteiger partial charge in [0.15, 0.2) is 0 Å². The number of nitrogens with zero attached hydrogens (tertiary/aromatic N) is 5. The summed E-state index contributed by atoms with van der Waals surface area (Å²) in [6.45, 7) is 0.327. The SMILES string of the molecule is N#Cc1ncn(Cc2nc(Cl)ccc2Cl)n1. The largest absolute Gasteiger partial charge is 0.252 e. The lowest BCUT2D eigenvalue weighted by Crippen LogP contribution is -2.03. The lowest BCUT2D eigenvalue weighted by atomic mass is 10.3. The molecule has 0 aliphatic rings. The van der Waals surface area contributed by atoms with Crippen LogP contribution >= 0.6 is 23.2 Å². The Morgan fingerprint density at radius 3 is 2.88 bits per heavy atom. The summed E-state index contributed by atoms with van der Waals surface area (Å²) < 4.78 is 1.48. The summed E-state index contributed by atoms with van der Waals surface area (Å²) in [5.74, 6) is 0.109. The van der Waals surface area contributed by atoms with Gasteiger partial charge in [-0.2, -0.15) is 5.26 Å². The molecule has 0 amide bonds. The average Bonchev–Trinajstić information content (AvgIpc) is 2.71. The van der Waals surface area contributed by atoms with Gasteiger partial charge in [0.25, 0.3) is 5.82 Å². The molecular formula is C9H5Cl2N5. The highest BCUT2D eigenvalue weighted by Crippen LogP contribution is 2.17. The zero-order valence-corrected chi connectivity index (χ0v) is 9.44. The third-order valence-electron chi connectivity index (χ3n) is 1.83. The number of halogens is 2. The van der Waals surface area contributed by atoms with Crippen LogP contribution in [0.4, 0.5) is 0 Å². The van der Waals surface area contributed by atoms with E-state index in [0.29, 0.717) is 22.4 Å². The molecule has 0 saturated carbocycles. The van der Waals surface area contributed by atoms with Crippen molar-refractivity contribution in [3.05, 3.63) is 40.2 Å². The number of hydrogen-bond donors (Lipinski definition) is 0. The highest BCUT2D eigenvalue weighted by atomic mass is 35.5. The van der Waals surface area contributed by atoms with Crippen LogP contribution in [-0.4, -0.2) is 19.7 Å². The summed E-state index contributed by atoms with van der Waals surface area (Å²) in [5.41, 5.74) is 0.587. The van der Waals surface area contributed by atoms with Crippen molar-refractivity contribution < 1.29 is 0 Å². The summed E-state index contributed by atoms with van der Waals surface area (Å²) >= 11 is 11.7. The molecule has 0 N–H and O–H groups in total. The monoisotopic (exact) mass is 253 g/mol. The fraction of sp³-hybridized carbons (Fsp3) is 0.111. The van der Waals surface area contributed by atoms with Gasteiger partial charge in [0, 0.05) is 0 Å². The zero-order valence-electron chi connectivity index (χ0n) is 7.93. The van der Waals surface area contributed by atoms with Gasteiger partial charge in [0.05, 0.1) is 17.3 Å². The fourth-order valence-electron chi connectivity index (χ4n) is 1.14. The van der Waals surface area contributed by atoms with Gasteiger partial charge in [-0.25, -0.2) is 14.6 Å². The molecule has 0 fully saturated rings. The average molecular weight is 254 g/mol. The van der Waals surface area contributed by atoms with Crippen LogP contribution in [0.15, 0.2) is 18.5 Å². The molecule has 0 aromatic carbocycles. The standard InChI is InChI=1S/C9H5Cl2N5/c10-6-1-2-8(11)14-7(6)4-16-5-13-9(3-12)15-16/h1-2,5H,4H2. The summed E-state index contributed by atoms with van der Waals surface area (Å²) in [7, 11) is 0. The number of hydrogen-bond acceptors (Lipinski definition) is 4. The highest BCUT2D eigenvalue weighted by Gasteiger charge is 2.06. The van der Waals surface area contributed by atoms with Crippen LogP contribution in [-0.2, 0) is 6.54 Å². The molecule has 0 atom stereocenters. The van der Waals surface area contributed by atoms with Gasteiger partial charge >= 0.3 is 0 Å². The first-order chi connectivity index (χ1) is 7.69. The van der Waals surface area contributed by atoms with Gasteiger partial charge < -0.3 is 0 Å². The van der Waals surface area contributed by atoms with E-state index in [4.69, 9.17) is 28.5 Å². The van der Waals surface area contributed by atoms with Crippen LogP contribution < -0.4 is 0 Å². The van der Waals surface area contributed by atoms with Gasteiger partial charge in [-0.1, -0.05) is 23.2 Å². The summed E-state index contributed by atoms with van der Waals surface area (Å²) in [4.78, 5) is 7.83. The van der Waals surface area contributed by atoms with Crippen LogP contribution in [0.5, 0.6) is 0 Å². The summed E-state index contributed by atoms with van der Waals surface area (Å²) in [5, 5.41) is 13.3. The van der Waals surface area contributed by atoms with Gasteiger partial charge in [-0.05, 0) is 12.1 Å². The van der Waals surface area contributed by atoms with Gasteiger partial charge in [0.1, 0.15) is 17.5 Å². The zero-order chi connectivity index (χ0) is 11.5. The Balaban J connectivity index is 2.27. The maximum atomic E-state index is 8.56. The van der Waals surface area contributed by atoms with Crippen molar-refractivity contribution >= 4 is 23.2 Å². The first kappa shape index (κ1) is 10.9. The normalized spacial score (nSPS) is 10.1. The van der Waals surface area contributed by atoms with Crippen molar-refractivity contribution in [3.8, 4) is 6.07 Å². The van der Waals surface area contributed by atoms with Gasteiger partial charge in [-0.15, -0.1) is 5.10 Å². The Morgan fingerprint density at radius 2 is 2.19 bits per heavy atom. The maximum Gasteiger partial charge on any atom is 0.252 e. The van der Waals surface area contributed by atoms with E-state index in [-0.39, 0.29) is 5.82 Å². The van der Waals surface area contributed by atoms with Crippen molar-refractivity contribution in [2.45, 2.75) is 6.54 Å². The van der Waals surface area contributed by atoms with Crippen molar-refractivity contribution in [2.24, 2.45) is 0 Å². The molecule has 2 rings (SSSR count). The number of rotatable bonds is 2. The van der Waals surface area contributed by atoms with Crippen molar-refractivity contribution in [1.82, 2.24) is 19.7 Å². The molecule has 0 saturated heterocycles. The first-order valence-corrected chi connectivity index (χ1v) is 5.05. The van der Waals surface area contributed by atoms with E-state index in [9.17, 15) is 0 Å². The Kier molecular flexibility index (Phi) is 3.04. The quantitative estimate of drug-likeness (QED) is 0.767. The Bertz CT molecular complexity index is 557. The van der Waals surface area contributed by atoms with Crippen molar-refractivity contribution in [2.75, 3.05) is 0 Å². The van der Waals surface area contributed by atoms with Crippen LogP contribution in [0.25, 0.3) is 0 Å². The third-order valence-corrected chi connectivity index (χ3v) is 2.39. The van der Waals surface area contributed by atoms with Gasteiger partial charge in [-0.3, -0.25) is 0 Å². The van der Waals surface area contributed by atoms with E-state index in [0.717, 1.165) is 0 Å². The molecule has 0 spiro atoms. The molecule has 2 heterocycles. The van der Waals surface area contributed by atoms with Crippen LogP contribution in [0.2, 0.25) is 10.2 Å². The first-order valence-electron chi connectivity index (χ1n) is 4.29. The molecule has 2 aromatic heterocycles. The second-order valence-corrected chi connectivity index (χ2v) is 3.73. The molecule has 0 aliphatic heterocycles. The van der Waals surface area contributed by atoms with E-state index in [1.54, 1.807) is 12.1 Å². The molecular weight excluding hydrogens is 249 g/mol. The fourth-order valence-corrected chi connectivity index (χ4v) is 1.47. The maximum absolute atomic E-state index is 8.56. The number of aromatic nitrogens is 4. The van der Waals surface area contributed by atoms with Crippen LogP contribution in [0.1, 0.15) is 11.5 Å². The van der Waals surface area contributed by atoms with E-state index in [1.807, 2.05) is 6.07 Å². The van der Waals surface area contributed by atoms with E-state index in [2.05, 4.69) is 15.1 Å². The smallest absolute Gasteiger partial charge is 0.246 e. The minimum atomic E-state index is 0.109. The second-order valence-electron chi connectivity index (χ2n) is 2.94. The summed E-state index contributed by atoms with van der Waals surface area (Å²) in [6, 6.07) is 5.10. The molecule has 0 unspecified atom stereocenters. The lowest BCUT2D eigenvalue weighted by Gasteiger charge is -2.02. The third kappa shape index (κ3) is 2.30. The molecule has 16 heavy (non-hydrogen) atoms. The predicted molar refractivity (Wildman–Crippen MR) is 58.1 cm³/mol. The minimum Gasteiger partial charge on any atom is -0.246 e. The number of pyridine rings is 1. The Hall–Kier alpha value is -1.64. The van der Waals surface area contributed by atoms with Crippen LogP contribution in [0.3, 0.4) is 0 Å². The highest BCUT2D eigenvalue weighted by molar-refractivity contribution is 6.32. The number of nitriles is 1. The van der Waals surface area contributed by atoms with Gasteiger partial charge in [0.2, 0.25) is 0 Å². The summed E-state index contributed by atoms with van der Waals surface area (Å²) in [6.07, 6.45) is 1.44. The predicted octanol–water partition coefficient (Wildman–Crippen LogP) is 1.90. The minimum absolute atomic E-state index is 0.109. The second kappa shape index (κ2) is 4.47. The van der Waals surface area contributed by atoms with E-state index < -0.39 is 0 Å². The molecule has 2 aromatic rings. The molecule has 0 bridgehead atoms. The Labute approximate surface area is 101 Å². The molecule has 80 valence electrons. The topological polar surface area (TPSA) is 67.4 Å². The molecule has 0 aliphatic carbocycles. The van der Waals surface area contributed by atoms with E-state index >= 15 is 0 Å². The molecule has 7 heteroatoms. The molecule has 5 nitrogen and oxygen atoms in total.